The first-order valence-corrected chi connectivity index (χ1v) is 5.50. The Morgan fingerprint density at radius 1 is 1.31 bits per heavy atom. The van der Waals surface area contributed by atoms with Crippen molar-refractivity contribution in [3.63, 3.8) is 0 Å². The van der Waals surface area contributed by atoms with Crippen LogP contribution in [0.2, 0.25) is 0 Å². The van der Waals surface area contributed by atoms with Gasteiger partial charge in [-0.3, -0.25) is 0 Å². The second kappa shape index (κ2) is 5.30. The molecule has 0 aromatic carbocycles. The molecule has 2 rings (SSSR count). The Labute approximate surface area is 94.7 Å². The van der Waals surface area contributed by atoms with Gasteiger partial charge in [-0.1, -0.05) is 13.3 Å². The number of hydrogen-bond acceptors (Lipinski definition) is 4. The Bertz CT molecular complexity index is 408. The van der Waals surface area contributed by atoms with Gasteiger partial charge in [0.05, 0.1) is 24.3 Å². The highest BCUT2D eigenvalue weighted by atomic mass is 16.3. The van der Waals surface area contributed by atoms with Crippen molar-refractivity contribution in [1.29, 1.82) is 0 Å². The van der Waals surface area contributed by atoms with Crippen LogP contribution in [0.1, 0.15) is 19.8 Å². The summed E-state index contributed by atoms with van der Waals surface area (Å²) >= 11 is 0. The fraction of sp³-hybridized carbons (Fsp3) is 0.333. The van der Waals surface area contributed by atoms with Gasteiger partial charge in [0.1, 0.15) is 0 Å². The van der Waals surface area contributed by atoms with Crippen LogP contribution in [0.25, 0.3) is 11.6 Å². The minimum absolute atomic E-state index is 0.617. The standard InChI is InChI=1S/C12H15N3O/c1-2-3-6-13-10-8-14-12(15-9-10)11-5-4-7-16-11/h4-5,7-9,13H,2-3,6H2,1H3. The van der Waals surface area contributed by atoms with Gasteiger partial charge in [-0.25, -0.2) is 9.97 Å². The van der Waals surface area contributed by atoms with Crippen molar-refractivity contribution in [2.24, 2.45) is 0 Å². The third kappa shape index (κ3) is 2.59. The average molecular weight is 217 g/mol. The average Bonchev–Trinajstić information content (AvgIpc) is 2.84. The Morgan fingerprint density at radius 3 is 2.75 bits per heavy atom. The van der Waals surface area contributed by atoms with Crippen molar-refractivity contribution in [1.82, 2.24) is 9.97 Å². The van der Waals surface area contributed by atoms with E-state index < -0.39 is 0 Å². The summed E-state index contributed by atoms with van der Waals surface area (Å²) in [5.74, 6) is 1.31. The molecular weight excluding hydrogens is 202 g/mol. The van der Waals surface area contributed by atoms with Gasteiger partial charge in [-0.15, -0.1) is 0 Å². The molecule has 0 atom stereocenters. The van der Waals surface area contributed by atoms with Crippen LogP contribution in [0, 0.1) is 0 Å². The third-order valence-electron chi connectivity index (χ3n) is 2.25. The summed E-state index contributed by atoms with van der Waals surface area (Å²) in [4.78, 5) is 8.47. The molecule has 84 valence electrons. The van der Waals surface area contributed by atoms with Crippen molar-refractivity contribution in [3.8, 4) is 11.6 Å². The molecule has 16 heavy (non-hydrogen) atoms. The molecule has 0 spiro atoms. The van der Waals surface area contributed by atoms with Gasteiger partial charge in [-0.2, -0.15) is 0 Å². The van der Waals surface area contributed by atoms with Crippen LogP contribution in [0.3, 0.4) is 0 Å². The number of nitrogens with one attached hydrogen (secondary N) is 1. The van der Waals surface area contributed by atoms with E-state index in [0.717, 1.165) is 18.7 Å². The molecule has 0 bridgehead atoms. The largest absolute Gasteiger partial charge is 0.461 e. The minimum atomic E-state index is 0.617. The predicted molar refractivity (Wildman–Crippen MR) is 63.1 cm³/mol. The second-order valence-corrected chi connectivity index (χ2v) is 3.55. The highest BCUT2D eigenvalue weighted by Gasteiger charge is 2.02. The lowest BCUT2D eigenvalue weighted by Crippen LogP contribution is -2.02. The van der Waals surface area contributed by atoms with Crippen molar-refractivity contribution in [2.75, 3.05) is 11.9 Å². The molecule has 1 N–H and O–H groups in total. The molecule has 0 saturated carbocycles. The first-order chi connectivity index (χ1) is 7.90. The van der Waals surface area contributed by atoms with E-state index in [1.807, 2.05) is 12.1 Å². The third-order valence-corrected chi connectivity index (χ3v) is 2.25. The zero-order valence-corrected chi connectivity index (χ0v) is 9.31. The molecule has 4 nitrogen and oxygen atoms in total. The Balaban J connectivity index is 2.00. The maximum atomic E-state index is 5.21. The van der Waals surface area contributed by atoms with Crippen LogP contribution < -0.4 is 5.32 Å². The van der Waals surface area contributed by atoms with Gasteiger partial charge in [0.25, 0.3) is 0 Å². The molecule has 0 fully saturated rings. The summed E-state index contributed by atoms with van der Waals surface area (Å²) in [6.45, 7) is 3.12. The van der Waals surface area contributed by atoms with Crippen molar-refractivity contribution in [3.05, 3.63) is 30.8 Å². The number of unbranched alkanes of at least 4 members (excludes halogenated alkanes) is 1. The quantitative estimate of drug-likeness (QED) is 0.782. The summed E-state index contributed by atoms with van der Waals surface area (Å²) in [5, 5.41) is 3.26. The fourth-order valence-electron chi connectivity index (χ4n) is 1.36. The lowest BCUT2D eigenvalue weighted by molar-refractivity contribution is 0.577. The van der Waals surface area contributed by atoms with Gasteiger partial charge < -0.3 is 9.73 Å². The molecule has 2 aromatic heterocycles. The number of aromatic nitrogens is 2. The Morgan fingerprint density at radius 2 is 2.12 bits per heavy atom. The first-order valence-electron chi connectivity index (χ1n) is 5.50. The van der Waals surface area contributed by atoms with Crippen molar-refractivity contribution < 1.29 is 4.42 Å². The van der Waals surface area contributed by atoms with E-state index in [-0.39, 0.29) is 0 Å². The molecule has 2 heterocycles. The van der Waals surface area contributed by atoms with Crippen LogP contribution in [-0.4, -0.2) is 16.5 Å². The van der Waals surface area contributed by atoms with Crippen molar-refractivity contribution >= 4 is 5.69 Å². The van der Waals surface area contributed by atoms with Gasteiger partial charge in [0.15, 0.2) is 11.6 Å². The summed E-state index contributed by atoms with van der Waals surface area (Å²) in [6, 6.07) is 3.67. The van der Waals surface area contributed by atoms with Gasteiger partial charge >= 0.3 is 0 Å². The van der Waals surface area contributed by atoms with E-state index in [2.05, 4.69) is 22.2 Å². The molecule has 0 radical (unpaired) electrons. The lowest BCUT2D eigenvalue weighted by Gasteiger charge is -2.04. The van der Waals surface area contributed by atoms with E-state index in [0.29, 0.717) is 11.6 Å². The maximum absolute atomic E-state index is 5.21. The van der Waals surface area contributed by atoms with E-state index in [1.165, 1.54) is 6.42 Å². The molecular formula is C12H15N3O. The highest BCUT2D eigenvalue weighted by Crippen LogP contribution is 2.15. The highest BCUT2D eigenvalue weighted by molar-refractivity contribution is 5.49. The zero-order chi connectivity index (χ0) is 11.2. The molecule has 4 heteroatoms. The molecule has 0 aliphatic carbocycles. The van der Waals surface area contributed by atoms with Crippen LogP contribution in [0.5, 0.6) is 0 Å². The van der Waals surface area contributed by atoms with Crippen molar-refractivity contribution in [2.45, 2.75) is 19.8 Å². The molecule has 0 unspecified atom stereocenters. The summed E-state index contributed by atoms with van der Waals surface area (Å²) in [5.41, 5.74) is 0.948. The smallest absolute Gasteiger partial charge is 0.195 e. The minimum Gasteiger partial charge on any atom is -0.461 e. The predicted octanol–water partition coefficient (Wildman–Crippen LogP) is 2.95. The summed E-state index contributed by atoms with van der Waals surface area (Å²) in [6.07, 6.45) is 7.51. The molecule has 0 aliphatic rings. The van der Waals surface area contributed by atoms with E-state index in [4.69, 9.17) is 4.42 Å². The van der Waals surface area contributed by atoms with Crippen LogP contribution in [0.15, 0.2) is 35.2 Å². The number of hydrogen-bond donors (Lipinski definition) is 1. The summed E-state index contributed by atoms with van der Waals surface area (Å²) < 4.78 is 5.21. The maximum Gasteiger partial charge on any atom is 0.195 e. The van der Waals surface area contributed by atoms with Gasteiger partial charge in [-0.05, 0) is 18.6 Å². The van der Waals surface area contributed by atoms with E-state index in [1.54, 1.807) is 18.7 Å². The summed E-state index contributed by atoms with van der Waals surface area (Å²) in [7, 11) is 0. The topological polar surface area (TPSA) is 51.0 Å². The molecule has 0 aliphatic heterocycles. The van der Waals surface area contributed by atoms with Gasteiger partial charge in [0.2, 0.25) is 0 Å². The monoisotopic (exact) mass is 217 g/mol. The number of furan rings is 1. The van der Waals surface area contributed by atoms with E-state index >= 15 is 0 Å². The molecule has 0 saturated heterocycles. The Hall–Kier alpha value is -1.84. The zero-order valence-electron chi connectivity index (χ0n) is 9.31. The van der Waals surface area contributed by atoms with Gasteiger partial charge in [0, 0.05) is 6.54 Å². The normalized spacial score (nSPS) is 10.3. The number of nitrogens with zero attached hydrogens (tertiary/aromatic N) is 2. The van der Waals surface area contributed by atoms with Crippen LogP contribution in [-0.2, 0) is 0 Å². The second-order valence-electron chi connectivity index (χ2n) is 3.55. The first kappa shape index (κ1) is 10.7. The Kier molecular flexibility index (Phi) is 3.53. The molecule has 2 aromatic rings. The van der Waals surface area contributed by atoms with Crippen LogP contribution >= 0.6 is 0 Å². The van der Waals surface area contributed by atoms with Crippen LogP contribution in [0.4, 0.5) is 5.69 Å². The lowest BCUT2D eigenvalue weighted by atomic mass is 10.3. The number of rotatable bonds is 5. The van der Waals surface area contributed by atoms with E-state index in [9.17, 15) is 0 Å². The molecule has 0 amide bonds. The SMILES string of the molecule is CCCCNc1cnc(-c2ccco2)nc1. The fourth-order valence-corrected chi connectivity index (χ4v) is 1.36. The number of anilines is 1.